The molecule has 2 nitrogen and oxygen atoms in total. The summed E-state index contributed by atoms with van der Waals surface area (Å²) in [5.41, 5.74) is 5.65. The Morgan fingerprint density at radius 3 is 2.60 bits per heavy atom. The first-order valence-electron chi connectivity index (χ1n) is 5.19. The van der Waals surface area contributed by atoms with Gasteiger partial charge in [0.15, 0.2) is 0 Å². The summed E-state index contributed by atoms with van der Waals surface area (Å²) in [4.78, 5) is 0. The van der Waals surface area contributed by atoms with E-state index in [2.05, 4.69) is 5.32 Å². The minimum absolute atomic E-state index is 0.118. The zero-order chi connectivity index (χ0) is 11.3. The highest BCUT2D eigenvalue weighted by atomic mass is 19.4. The molecule has 5 heteroatoms. The Bertz CT molecular complexity index is 213. The normalized spacial score (nSPS) is 26.1. The molecule has 3 N–H and O–H groups in total. The van der Waals surface area contributed by atoms with Gasteiger partial charge >= 0.3 is 6.18 Å². The molecule has 1 aliphatic rings. The van der Waals surface area contributed by atoms with E-state index in [1.165, 1.54) is 0 Å². The highest BCUT2D eigenvalue weighted by Crippen LogP contribution is 2.20. The number of nitrogens with two attached hydrogens (primary N) is 1. The number of rotatable bonds is 5. The first kappa shape index (κ1) is 12.5. The maximum Gasteiger partial charge on any atom is 0.389 e. The molecular formula is C10H17F3N2. The predicted octanol–water partition coefficient (Wildman–Crippen LogP) is 1.82. The van der Waals surface area contributed by atoms with Crippen LogP contribution in [0.1, 0.15) is 19.3 Å². The fourth-order valence-corrected chi connectivity index (χ4v) is 1.66. The van der Waals surface area contributed by atoms with Crippen LogP contribution in [-0.4, -0.2) is 25.3 Å². The lowest BCUT2D eigenvalue weighted by atomic mass is 10.1. The van der Waals surface area contributed by atoms with Crippen LogP contribution in [0.15, 0.2) is 12.2 Å². The van der Waals surface area contributed by atoms with Gasteiger partial charge in [0.1, 0.15) is 0 Å². The van der Waals surface area contributed by atoms with Gasteiger partial charge in [-0.1, -0.05) is 12.2 Å². The summed E-state index contributed by atoms with van der Waals surface area (Å²) in [5.74, 6) is 0.380. The molecule has 1 rings (SSSR count). The molecule has 0 aromatic rings. The molecular weight excluding hydrogens is 205 g/mol. The summed E-state index contributed by atoms with van der Waals surface area (Å²) < 4.78 is 35.3. The van der Waals surface area contributed by atoms with Crippen molar-refractivity contribution in [3.8, 4) is 0 Å². The number of halogens is 3. The van der Waals surface area contributed by atoms with Crippen molar-refractivity contribution < 1.29 is 13.2 Å². The van der Waals surface area contributed by atoms with Gasteiger partial charge in [0.25, 0.3) is 0 Å². The molecule has 1 aliphatic carbocycles. The van der Waals surface area contributed by atoms with Gasteiger partial charge in [-0.3, -0.25) is 0 Å². The predicted molar refractivity (Wildman–Crippen MR) is 53.4 cm³/mol. The van der Waals surface area contributed by atoms with Crippen molar-refractivity contribution in [1.29, 1.82) is 0 Å². The molecule has 15 heavy (non-hydrogen) atoms. The highest BCUT2D eigenvalue weighted by molar-refractivity contribution is 5.04. The Morgan fingerprint density at radius 2 is 2.07 bits per heavy atom. The quantitative estimate of drug-likeness (QED) is 0.550. The Labute approximate surface area is 87.7 Å². The molecule has 88 valence electrons. The van der Waals surface area contributed by atoms with Gasteiger partial charge < -0.3 is 11.1 Å². The van der Waals surface area contributed by atoms with Crippen LogP contribution in [-0.2, 0) is 0 Å². The average molecular weight is 222 g/mol. The van der Waals surface area contributed by atoms with Crippen LogP contribution in [0.4, 0.5) is 13.2 Å². The van der Waals surface area contributed by atoms with Crippen molar-refractivity contribution in [2.45, 2.75) is 31.5 Å². The second-order valence-corrected chi connectivity index (χ2v) is 3.97. The van der Waals surface area contributed by atoms with Crippen molar-refractivity contribution in [1.82, 2.24) is 5.32 Å². The van der Waals surface area contributed by atoms with E-state index in [0.29, 0.717) is 12.5 Å². The molecule has 0 aromatic heterocycles. The Hall–Kier alpha value is -0.550. The zero-order valence-corrected chi connectivity index (χ0v) is 8.56. The van der Waals surface area contributed by atoms with Crippen molar-refractivity contribution in [2.24, 2.45) is 11.7 Å². The van der Waals surface area contributed by atoms with E-state index in [4.69, 9.17) is 5.73 Å². The molecule has 2 unspecified atom stereocenters. The van der Waals surface area contributed by atoms with Crippen LogP contribution in [0.2, 0.25) is 0 Å². The Kier molecular flexibility index (Phi) is 4.60. The number of nitrogens with one attached hydrogen (secondary N) is 1. The van der Waals surface area contributed by atoms with E-state index in [-0.39, 0.29) is 12.5 Å². The first-order chi connectivity index (χ1) is 6.97. The molecule has 0 saturated carbocycles. The maximum absolute atomic E-state index is 11.8. The largest absolute Gasteiger partial charge is 0.389 e. The van der Waals surface area contributed by atoms with Crippen molar-refractivity contribution >= 4 is 0 Å². The van der Waals surface area contributed by atoms with E-state index in [1.54, 1.807) is 0 Å². The van der Waals surface area contributed by atoms with Gasteiger partial charge in [0.05, 0.1) is 0 Å². The summed E-state index contributed by atoms with van der Waals surface area (Å²) in [6.45, 7) is 1.14. The average Bonchev–Trinajstić information content (AvgIpc) is 2.49. The lowest BCUT2D eigenvalue weighted by Gasteiger charge is -2.11. The molecule has 0 fully saturated rings. The second kappa shape index (κ2) is 5.51. The minimum Gasteiger partial charge on any atom is -0.324 e. The fourth-order valence-electron chi connectivity index (χ4n) is 1.66. The van der Waals surface area contributed by atoms with Crippen molar-refractivity contribution in [3.05, 3.63) is 12.2 Å². The zero-order valence-electron chi connectivity index (χ0n) is 8.56. The van der Waals surface area contributed by atoms with Gasteiger partial charge in [-0.05, 0) is 25.3 Å². The number of hydrogen-bond acceptors (Lipinski definition) is 2. The van der Waals surface area contributed by atoms with Crippen LogP contribution in [0.25, 0.3) is 0 Å². The third kappa shape index (κ3) is 5.79. The fraction of sp³-hybridized carbons (Fsp3) is 0.800. The molecule has 0 aromatic carbocycles. The molecule has 0 amide bonds. The van der Waals surface area contributed by atoms with E-state index in [9.17, 15) is 13.2 Å². The summed E-state index contributed by atoms with van der Waals surface area (Å²) in [5, 5.41) is 3.01. The van der Waals surface area contributed by atoms with E-state index < -0.39 is 12.6 Å². The third-order valence-electron chi connectivity index (χ3n) is 2.43. The maximum atomic E-state index is 11.8. The van der Waals surface area contributed by atoms with Crippen LogP contribution < -0.4 is 11.1 Å². The SMILES string of the molecule is NC1C=CC(CNCCCC(F)(F)F)C1. The van der Waals surface area contributed by atoms with Crippen LogP contribution in [0, 0.1) is 5.92 Å². The minimum atomic E-state index is -4.03. The molecule has 0 aliphatic heterocycles. The molecule has 0 bridgehead atoms. The van der Waals surface area contributed by atoms with Crippen LogP contribution in [0.3, 0.4) is 0 Å². The van der Waals surface area contributed by atoms with Crippen LogP contribution in [0.5, 0.6) is 0 Å². The number of hydrogen-bond donors (Lipinski definition) is 2. The summed E-state index contributed by atoms with van der Waals surface area (Å²) in [6, 6.07) is 0.118. The Morgan fingerprint density at radius 1 is 1.33 bits per heavy atom. The van der Waals surface area contributed by atoms with Crippen molar-refractivity contribution in [2.75, 3.05) is 13.1 Å². The molecule has 0 heterocycles. The monoisotopic (exact) mass is 222 g/mol. The first-order valence-corrected chi connectivity index (χ1v) is 5.19. The van der Waals surface area contributed by atoms with Gasteiger partial charge in [0, 0.05) is 19.0 Å². The highest BCUT2D eigenvalue weighted by Gasteiger charge is 2.25. The smallest absolute Gasteiger partial charge is 0.324 e. The summed E-state index contributed by atoms with van der Waals surface area (Å²) >= 11 is 0. The molecule has 2 atom stereocenters. The standard InChI is InChI=1S/C10H17F3N2/c11-10(12,13)4-1-5-15-7-8-2-3-9(14)6-8/h2-3,8-9,15H,1,4-7,14H2. The Balaban J connectivity index is 1.96. The number of alkyl halides is 3. The van der Waals surface area contributed by atoms with Gasteiger partial charge in [-0.15, -0.1) is 0 Å². The van der Waals surface area contributed by atoms with Crippen LogP contribution >= 0.6 is 0 Å². The van der Waals surface area contributed by atoms with E-state index in [0.717, 1.165) is 13.0 Å². The lowest BCUT2D eigenvalue weighted by molar-refractivity contribution is -0.135. The lowest BCUT2D eigenvalue weighted by Crippen LogP contribution is -2.25. The second-order valence-electron chi connectivity index (χ2n) is 3.97. The topological polar surface area (TPSA) is 38.0 Å². The third-order valence-corrected chi connectivity index (χ3v) is 2.43. The van der Waals surface area contributed by atoms with Crippen molar-refractivity contribution in [3.63, 3.8) is 0 Å². The van der Waals surface area contributed by atoms with Gasteiger partial charge in [0.2, 0.25) is 0 Å². The van der Waals surface area contributed by atoms with E-state index in [1.807, 2.05) is 12.2 Å². The summed E-state index contributed by atoms with van der Waals surface area (Å²) in [7, 11) is 0. The molecule has 0 spiro atoms. The van der Waals surface area contributed by atoms with E-state index >= 15 is 0 Å². The van der Waals surface area contributed by atoms with Gasteiger partial charge in [-0.2, -0.15) is 13.2 Å². The molecule has 0 saturated heterocycles. The summed E-state index contributed by atoms with van der Waals surface area (Å²) in [6.07, 6.45) is 0.277. The molecule has 0 radical (unpaired) electrons. The van der Waals surface area contributed by atoms with Gasteiger partial charge in [-0.25, -0.2) is 0 Å².